The molecule has 6 aromatic carbocycles. The van der Waals surface area contributed by atoms with Gasteiger partial charge < -0.3 is 10.2 Å². The Balaban J connectivity index is 0.000000153. The molecule has 0 bridgehead atoms. The van der Waals surface area contributed by atoms with Crippen LogP contribution < -0.4 is 0 Å². The van der Waals surface area contributed by atoms with Gasteiger partial charge in [0.25, 0.3) is 0 Å². The Morgan fingerprint density at radius 2 is 0.794 bits per heavy atom. The van der Waals surface area contributed by atoms with Crippen LogP contribution in [0.2, 0.25) is 0 Å². The summed E-state index contributed by atoms with van der Waals surface area (Å²) in [6.45, 7) is 26.2. The molecule has 4 atom stereocenters. The molecule has 0 saturated carbocycles. The van der Waals surface area contributed by atoms with Crippen molar-refractivity contribution in [2.45, 2.75) is 105 Å². The molecule has 0 saturated heterocycles. The van der Waals surface area contributed by atoms with E-state index in [-0.39, 0.29) is 34.2 Å². The largest absolute Gasteiger partial charge is 0.384 e. The normalized spacial score (nSPS) is 21.1. The molecular weight excluding hydrogens is 1240 g/mol. The zero-order valence-corrected chi connectivity index (χ0v) is 50.0. The molecule has 68 heavy (non-hydrogen) atoms. The second kappa shape index (κ2) is 18.8. The van der Waals surface area contributed by atoms with Gasteiger partial charge in [0.2, 0.25) is 0 Å². The second-order valence-electron chi connectivity index (χ2n) is 22.4. The quantitative estimate of drug-likeness (QED) is 0.148. The van der Waals surface area contributed by atoms with Gasteiger partial charge in [-0.3, -0.25) is 9.59 Å². The summed E-state index contributed by atoms with van der Waals surface area (Å²) in [5.74, 6) is -0.670. The predicted molar refractivity (Wildman–Crippen MR) is 303 cm³/mol. The van der Waals surface area contributed by atoms with Crippen LogP contribution in [0.5, 0.6) is 0 Å². The minimum absolute atomic E-state index is 0.0710. The summed E-state index contributed by atoms with van der Waals surface area (Å²) in [7, 11) is 0. The number of halogens is 6. The van der Waals surface area contributed by atoms with E-state index < -0.39 is 22.0 Å². The maximum Gasteiger partial charge on any atom is 0.194 e. The summed E-state index contributed by atoms with van der Waals surface area (Å²) in [6, 6.07) is 29.6. The smallest absolute Gasteiger partial charge is 0.194 e. The number of carbonyl (C=O) groups excluding carboxylic acids is 2. The molecule has 9 rings (SSSR count). The van der Waals surface area contributed by atoms with Gasteiger partial charge in [-0.1, -0.05) is 215 Å². The van der Waals surface area contributed by atoms with Crippen molar-refractivity contribution in [2.75, 3.05) is 0 Å². The zero-order valence-electron chi connectivity index (χ0n) is 40.5. The van der Waals surface area contributed by atoms with Crippen LogP contribution in [0.25, 0.3) is 21.5 Å². The highest BCUT2D eigenvalue weighted by Crippen LogP contribution is 2.63. The number of rotatable bonds is 0. The molecule has 3 aliphatic rings. The fraction of sp³-hybridized carbons (Fsp3) is 0.345. The molecule has 0 heterocycles. The van der Waals surface area contributed by atoms with Crippen LogP contribution in [0.15, 0.2) is 136 Å². The van der Waals surface area contributed by atoms with Crippen molar-refractivity contribution in [3.05, 3.63) is 181 Å². The number of carbonyl (C=O) groups is 2. The molecule has 2 N–H and O–H groups in total. The molecule has 4 nitrogen and oxygen atoms in total. The fourth-order valence-corrected chi connectivity index (χ4v) is 12.9. The first-order valence-electron chi connectivity index (χ1n) is 22.7. The molecular formula is C58H58Br6O4. The van der Waals surface area contributed by atoms with Crippen molar-refractivity contribution in [3.8, 4) is 0 Å². The Morgan fingerprint density at radius 3 is 1.21 bits per heavy atom. The molecule has 10 heteroatoms. The molecule has 0 amide bonds. The third kappa shape index (κ3) is 9.50. The van der Waals surface area contributed by atoms with E-state index >= 15 is 0 Å². The van der Waals surface area contributed by atoms with Gasteiger partial charge in [0.05, 0.1) is 0 Å². The molecule has 3 aliphatic carbocycles. The number of benzene rings is 6. The van der Waals surface area contributed by atoms with Crippen LogP contribution in [-0.4, -0.2) is 21.8 Å². The first-order chi connectivity index (χ1) is 31.3. The van der Waals surface area contributed by atoms with Gasteiger partial charge in [-0.2, -0.15) is 0 Å². The molecule has 356 valence electrons. The lowest BCUT2D eigenvalue weighted by Crippen LogP contribution is -2.61. The lowest BCUT2D eigenvalue weighted by atomic mass is 9.48. The summed E-state index contributed by atoms with van der Waals surface area (Å²) >= 11 is 21.1. The van der Waals surface area contributed by atoms with Gasteiger partial charge in [0, 0.05) is 60.9 Å². The zero-order chi connectivity index (χ0) is 50.4. The number of aliphatic hydroxyl groups is 2. The van der Waals surface area contributed by atoms with Crippen molar-refractivity contribution in [2.24, 2.45) is 22.7 Å². The number of hydrogen-bond donors (Lipinski definition) is 2. The van der Waals surface area contributed by atoms with Crippen molar-refractivity contribution >= 4 is 129 Å². The van der Waals surface area contributed by atoms with Crippen LogP contribution in [-0.2, 0) is 22.0 Å². The third-order valence-corrected chi connectivity index (χ3v) is 16.7. The van der Waals surface area contributed by atoms with E-state index in [4.69, 9.17) is 0 Å². The maximum atomic E-state index is 12.3. The third-order valence-electron chi connectivity index (χ3n) is 13.7. The lowest BCUT2D eigenvalue weighted by Gasteiger charge is -2.60. The summed E-state index contributed by atoms with van der Waals surface area (Å²) in [5, 5.41) is 29.7. The predicted octanol–water partition coefficient (Wildman–Crippen LogP) is 18.1. The SMILES string of the molecule is CC(C)(C)C1(O)c2ccc(Br)cc2C(O)(C(C)(C)C)C2C=CC(Br)=CC21.CC(C)(C)c1c2ccc(Br)cc2c(C(C)(C)C)c2ccc(Br)cc12.O=C1c2ccc(Br)cc2C(=O)c2ccc(Br)cc21. The average Bonchev–Trinajstić information content (AvgIpc) is 3.22. The second-order valence-corrected chi connectivity index (χ2v) is 27.8. The summed E-state index contributed by atoms with van der Waals surface area (Å²) in [4.78, 5) is 24.7. The van der Waals surface area contributed by atoms with Gasteiger partial charge in [-0.05, 0) is 138 Å². The van der Waals surface area contributed by atoms with Gasteiger partial charge in [-0.25, -0.2) is 0 Å². The highest BCUT2D eigenvalue weighted by molar-refractivity contribution is 9.12. The topological polar surface area (TPSA) is 74.6 Å². The fourth-order valence-electron chi connectivity index (χ4n) is 10.6. The van der Waals surface area contributed by atoms with E-state index in [2.05, 4.69) is 227 Å². The number of fused-ring (bicyclic) bond motifs is 6. The van der Waals surface area contributed by atoms with Crippen molar-refractivity contribution in [3.63, 3.8) is 0 Å². The van der Waals surface area contributed by atoms with E-state index in [0.29, 0.717) is 22.3 Å². The number of ketones is 2. The Morgan fingerprint density at radius 1 is 0.426 bits per heavy atom. The molecule has 6 aromatic rings. The molecule has 4 unspecified atom stereocenters. The Kier molecular flexibility index (Phi) is 14.7. The van der Waals surface area contributed by atoms with E-state index in [1.54, 1.807) is 36.4 Å². The summed E-state index contributed by atoms with van der Waals surface area (Å²) in [6.07, 6.45) is 6.11. The Hall–Kier alpha value is -2.54. The standard InChI is InChI=1S/C22H28Br2O2.C22H24Br2.C14H6Br2O2/c1-19(2,3)21(25)15-9-7-14(24)12-18(15)22(26,20(4,5)6)16-10-8-13(23)11-17(16)21;1-21(2,3)19-15-9-7-14(24)12-18(15)20(22(4,5)6)16-10-8-13(23)11-17(16)19;15-7-1-3-9-11(5-7)14(18)10-4-2-8(16)6-12(10)13(9)17/h7-12,15,18,25-26H,1-6H3;7-12H,1-6H3;1-6H. The van der Waals surface area contributed by atoms with E-state index in [9.17, 15) is 19.8 Å². The van der Waals surface area contributed by atoms with Gasteiger partial charge in [-0.15, -0.1) is 0 Å². The van der Waals surface area contributed by atoms with Gasteiger partial charge in [0.15, 0.2) is 11.6 Å². The molecule has 0 spiro atoms. The first-order valence-corrected chi connectivity index (χ1v) is 27.4. The van der Waals surface area contributed by atoms with E-state index in [1.807, 2.05) is 24.3 Å². The van der Waals surface area contributed by atoms with Crippen molar-refractivity contribution in [1.82, 2.24) is 0 Å². The molecule has 0 aliphatic heterocycles. The Bertz CT molecular complexity index is 2960. The highest BCUT2D eigenvalue weighted by Gasteiger charge is 2.63. The minimum Gasteiger partial charge on any atom is -0.384 e. The maximum absolute atomic E-state index is 12.3. The first kappa shape index (κ1) is 53.3. The number of hydrogen-bond acceptors (Lipinski definition) is 4. The molecule has 0 fully saturated rings. The van der Waals surface area contributed by atoms with Crippen LogP contribution >= 0.6 is 95.6 Å². The minimum atomic E-state index is -1.10. The summed E-state index contributed by atoms with van der Waals surface area (Å²) < 4.78 is 5.71. The van der Waals surface area contributed by atoms with Crippen molar-refractivity contribution < 1.29 is 19.8 Å². The van der Waals surface area contributed by atoms with Crippen molar-refractivity contribution in [1.29, 1.82) is 0 Å². The highest BCUT2D eigenvalue weighted by atomic mass is 79.9. The average molecular weight is 1300 g/mol. The van der Waals surface area contributed by atoms with Gasteiger partial charge in [0.1, 0.15) is 11.2 Å². The van der Waals surface area contributed by atoms with E-state index in [0.717, 1.165) is 38.0 Å². The molecule has 0 radical (unpaired) electrons. The van der Waals surface area contributed by atoms with Crippen LogP contribution in [0, 0.1) is 22.7 Å². The molecule has 0 aromatic heterocycles. The van der Waals surface area contributed by atoms with E-state index in [1.165, 1.54) is 32.7 Å². The number of allylic oxidation sites excluding steroid dienone is 2. The Labute approximate surface area is 452 Å². The summed E-state index contributed by atoms with van der Waals surface area (Å²) in [5.41, 5.74) is 3.46. The lowest BCUT2D eigenvalue weighted by molar-refractivity contribution is -0.190. The van der Waals surface area contributed by atoms with Crippen LogP contribution in [0.1, 0.15) is 137 Å². The van der Waals surface area contributed by atoms with Crippen LogP contribution in [0.4, 0.5) is 0 Å². The van der Waals surface area contributed by atoms with Crippen LogP contribution in [0.3, 0.4) is 0 Å². The van der Waals surface area contributed by atoms with Gasteiger partial charge >= 0.3 is 0 Å². The monoisotopic (exact) mass is 1290 g/mol.